The van der Waals surface area contributed by atoms with Gasteiger partial charge in [0.25, 0.3) is 0 Å². The second-order valence-corrected chi connectivity index (χ2v) is 5.96. The lowest BCUT2D eigenvalue weighted by Crippen LogP contribution is -2.37. The Kier molecular flexibility index (Phi) is 3.67. The maximum Gasteiger partial charge on any atom is 0.0209 e. The lowest BCUT2D eigenvalue weighted by atomic mass is 10.1. The third kappa shape index (κ3) is 3.12. The van der Waals surface area contributed by atoms with E-state index in [1.165, 1.54) is 44.3 Å². The summed E-state index contributed by atoms with van der Waals surface area (Å²) in [5.74, 6) is 0. The first-order chi connectivity index (χ1) is 8.81. The summed E-state index contributed by atoms with van der Waals surface area (Å²) >= 11 is 0. The van der Waals surface area contributed by atoms with Crippen molar-refractivity contribution in [2.75, 3.05) is 13.1 Å². The highest BCUT2D eigenvalue weighted by molar-refractivity contribution is 5.15. The van der Waals surface area contributed by atoms with Crippen molar-refractivity contribution in [3.05, 3.63) is 35.9 Å². The zero-order valence-electron chi connectivity index (χ0n) is 11.3. The van der Waals surface area contributed by atoms with E-state index in [-0.39, 0.29) is 0 Å². The second-order valence-electron chi connectivity index (χ2n) is 5.96. The van der Waals surface area contributed by atoms with Crippen LogP contribution in [0, 0.1) is 0 Å². The Hall–Kier alpha value is -0.860. The van der Waals surface area contributed by atoms with Crippen LogP contribution >= 0.6 is 0 Å². The number of nitrogens with zero attached hydrogens (tertiary/aromatic N) is 1. The molecule has 1 aromatic carbocycles. The van der Waals surface area contributed by atoms with E-state index in [1.807, 2.05) is 0 Å². The minimum absolute atomic E-state index is 0.665. The summed E-state index contributed by atoms with van der Waals surface area (Å²) < 4.78 is 0. The van der Waals surface area contributed by atoms with Crippen molar-refractivity contribution >= 4 is 0 Å². The van der Waals surface area contributed by atoms with Crippen LogP contribution in [0.2, 0.25) is 0 Å². The number of hydrogen-bond donors (Lipinski definition) is 1. The predicted octanol–water partition coefficient (Wildman–Crippen LogP) is 2.44. The van der Waals surface area contributed by atoms with Crippen LogP contribution in [0.15, 0.2) is 30.3 Å². The van der Waals surface area contributed by atoms with Crippen LogP contribution in [0.1, 0.15) is 31.7 Å². The Morgan fingerprint density at radius 2 is 1.94 bits per heavy atom. The average Bonchev–Trinajstić information content (AvgIpc) is 3.06. The largest absolute Gasteiger partial charge is 0.310 e. The van der Waals surface area contributed by atoms with Crippen LogP contribution in [0.3, 0.4) is 0 Å². The monoisotopic (exact) mass is 244 g/mol. The first kappa shape index (κ1) is 12.2. The lowest BCUT2D eigenvalue weighted by Gasteiger charge is -2.24. The fourth-order valence-electron chi connectivity index (χ4n) is 2.99. The fraction of sp³-hybridized carbons (Fsp3) is 0.625. The normalized spacial score (nSPS) is 26.4. The van der Waals surface area contributed by atoms with Gasteiger partial charge < -0.3 is 5.32 Å². The summed E-state index contributed by atoms with van der Waals surface area (Å²) in [4.78, 5) is 2.65. The molecule has 0 amide bonds. The van der Waals surface area contributed by atoms with Gasteiger partial charge in [-0.25, -0.2) is 0 Å². The van der Waals surface area contributed by atoms with Crippen LogP contribution in [0.4, 0.5) is 0 Å². The molecule has 1 saturated carbocycles. The van der Waals surface area contributed by atoms with Crippen molar-refractivity contribution < 1.29 is 0 Å². The topological polar surface area (TPSA) is 15.3 Å². The molecule has 98 valence electrons. The minimum atomic E-state index is 0.665. The fourth-order valence-corrected chi connectivity index (χ4v) is 2.99. The summed E-state index contributed by atoms with van der Waals surface area (Å²) in [5.41, 5.74) is 1.46. The van der Waals surface area contributed by atoms with Gasteiger partial charge in [-0.15, -0.1) is 0 Å². The molecule has 1 heterocycles. The summed E-state index contributed by atoms with van der Waals surface area (Å²) in [6.45, 7) is 4.87. The van der Waals surface area contributed by atoms with E-state index in [1.54, 1.807) is 0 Å². The van der Waals surface area contributed by atoms with Gasteiger partial charge in [-0.3, -0.25) is 4.90 Å². The zero-order valence-corrected chi connectivity index (χ0v) is 11.3. The number of rotatable bonds is 5. The van der Waals surface area contributed by atoms with Gasteiger partial charge in [-0.05, 0) is 38.2 Å². The summed E-state index contributed by atoms with van der Waals surface area (Å²) in [6.07, 6.45) is 5.30. The molecule has 3 rings (SSSR count). The van der Waals surface area contributed by atoms with E-state index in [2.05, 4.69) is 47.5 Å². The maximum absolute atomic E-state index is 3.76. The highest BCUT2D eigenvalue weighted by atomic mass is 15.2. The number of benzene rings is 1. The van der Waals surface area contributed by atoms with Crippen molar-refractivity contribution in [3.8, 4) is 0 Å². The van der Waals surface area contributed by atoms with Gasteiger partial charge in [-0.2, -0.15) is 0 Å². The highest BCUT2D eigenvalue weighted by Crippen LogP contribution is 2.23. The molecule has 2 aliphatic rings. The third-order valence-corrected chi connectivity index (χ3v) is 4.27. The number of hydrogen-bond acceptors (Lipinski definition) is 2. The van der Waals surface area contributed by atoms with Crippen molar-refractivity contribution in [2.24, 2.45) is 0 Å². The molecule has 1 aromatic rings. The van der Waals surface area contributed by atoms with Crippen molar-refractivity contribution in [1.29, 1.82) is 0 Å². The number of nitrogens with one attached hydrogen (secondary N) is 1. The zero-order chi connectivity index (χ0) is 12.4. The molecular weight excluding hydrogens is 220 g/mol. The van der Waals surface area contributed by atoms with Crippen molar-refractivity contribution in [2.45, 2.75) is 50.7 Å². The van der Waals surface area contributed by atoms with Crippen LogP contribution in [0.5, 0.6) is 0 Å². The van der Waals surface area contributed by atoms with E-state index < -0.39 is 0 Å². The van der Waals surface area contributed by atoms with E-state index in [9.17, 15) is 0 Å². The molecule has 1 aliphatic heterocycles. The Bertz CT molecular complexity index is 372. The molecule has 2 nitrogen and oxygen atoms in total. The third-order valence-electron chi connectivity index (χ3n) is 4.27. The molecule has 0 radical (unpaired) electrons. The van der Waals surface area contributed by atoms with Crippen LogP contribution in [-0.4, -0.2) is 36.1 Å². The molecule has 2 unspecified atom stereocenters. The highest BCUT2D eigenvalue weighted by Gasteiger charge is 2.30. The molecular formula is C16H24N2. The van der Waals surface area contributed by atoms with Crippen LogP contribution in [0.25, 0.3) is 0 Å². The van der Waals surface area contributed by atoms with E-state index in [4.69, 9.17) is 0 Å². The van der Waals surface area contributed by atoms with Gasteiger partial charge in [0.05, 0.1) is 0 Å². The van der Waals surface area contributed by atoms with E-state index in [0.29, 0.717) is 6.04 Å². The first-order valence-corrected chi connectivity index (χ1v) is 7.35. The predicted molar refractivity (Wildman–Crippen MR) is 75.7 cm³/mol. The molecule has 2 atom stereocenters. The van der Waals surface area contributed by atoms with Gasteiger partial charge >= 0.3 is 0 Å². The molecule has 0 bridgehead atoms. The van der Waals surface area contributed by atoms with Crippen molar-refractivity contribution in [1.82, 2.24) is 10.2 Å². The summed E-state index contributed by atoms with van der Waals surface area (Å²) in [5, 5.41) is 3.76. The van der Waals surface area contributed by atoms with Crippen LogP contribution in [-0.2, 0) is 6.42 Å². The van der Waals surface area contributed by atoms with Gasteiger partial charge in [0.2, 0.25) is 0 Å². The Morgan fingerprint density at radius 1 is 1.17 bits per heavy atom. The number of likely N-dealkylation sites (tertiary alicyclic amines) is 1. The molecule has 1 N–H and O–H groups in total. The average molecular weight is 244 g/mol. The van der Waals surface area contributed by atoms with Gasteiger partial charge in [0.15, 0.2) is 0 Å². The molecule has 18 heavy (non-hydrogen) atoms. The van der Waals surface area contributed by atoms with E-state index in [0.717, 1.165) is 12.1 Å². The smallest absolute Gasteiger partial charge is 0.0209 e. The molecule has 1 saturated heterocycles. The van der Waals surface area contributed by atoms with E-state index >= 15 is 0 Å². The Balaban J connectivity index is 1.49. The van der Waals surface area contributed by atoms with Gasteiger partial charge in [0, 0.05) is 31.2 Å². The van der Waals surface area contributed by atoms with Crippen molar-refractivity contribution in [3.63, 3.8) is 0 Å². The SMILES string of the molecule is CC(Cc1ccccc1)N1CCC(NC2CC2)C1. The first-order valence-electron chi connectivity index (χ1n) is 7.35. The van der Waals surface area contributed by atoms with Gasteiger partial charge in [-0.1, -0.05) is 30.3 Å². The van der Waals surface area contributed by atoms with Crippen LogP contribution < -0.4 is 5.32 Å². The molecule has 0 spiro atoms. The summed E-state index contributed by atoms with van der Waals surface area (Å²) in [6, 6.07) is 13.1. The molecule has 0 aromatic heterocycles. The molecule has 2 fully saturated rings. The van der Waals surface area contributed by atoms with Gasteiger partial charge in [0.1, 0.15) is 0 Å². The second kappa shape index (κ2) is 5.41. The molecule has 2 heteroatoms. The Morgan fingerprint density at radius 3 is 2.67 bits per heavy atom. The quantitative estimate of drug-likeness (QED) is 0.856. The Labute approximate surface area is 110 Å². The standard InChI is InChI=1S/C16H24N2/c1-13(11-14-5-3-2-4-6-14)18-10-9-16(12-18)17-15-7-8-15/h2-6,13,15-17H,7-12H2,1H3. The maximum atomic E-state index is 3.76. The lowest BCUT2D eigenvalue weighted by molar-refractivity contribution is 0.250. The summed E-state index contributed by atoms with van der Waals surface area (Å²) in [7, 11) is 0. The molecule has 1 aliphatic carbocycles. The minimum Gasteiger partial charge on any atom is -0.310 e.